The van der Waals surface area contributed by atoms with Crippen LogP contribution < -0.4 is 10.6 Å². The predicted molar refractivity (Wildman–Crippen MR) is 95.1 cm³/mol. The van der Waals surface area contributed by atoms with E-state index in [1.165, 1.54) is 31.0 Å². The molecule has 0 aliphatic heterocycles. The third-order valence-corrected chi connectivity index (χ3v) is 5.03. The number of hydrogen-bond acceptors (Lipinski definition) is 3. The molecule has 2 rings (SSSR count). The number of rotatable bonds is 6. The van der Waals surface area contributed by atoms with E-state index in [9.17, 15) is 9.59 Å². The smallest absolute Gasteiger partial charge is 0.234 e. The fourth-order valence-electron chi connectivity index (χ4n) is 2.48. The van der Waals surface area contributed by atoms with Gasteiger partial charge in [0.15, 0.2) is 0 Å². The zero-order valence-corrected chi connectivity index (χ0v) is 14.8. The first kappa shape index (κ1) is 17.3. The molecule has 22 heavy (non-hydrogen) atoms. The van der Waals surface area contributed by atoms with Gasteiger partial charge in [0.2, 0.25) is 11.8 Å². The molecule has 2 N–H and O–H groups in total. The molecule has 0 unspecified atom stereocenters. The summed E-state index contributed by atoms with van der Waals surface area (Å²) in [6, 6.07) is 7.75. The molecule has 0 spiro atoms. The topological polar surface area (TPSA) is 58.2 Å². The minimum absolute atomic E-state index is 0.0355. The zero-order chi connectivity index (χ0) is 15.8. The number of benzene rings is 1. The Bertz CT molecular complexity index is 501. The van der Waals surface area contributed by atoms with Crippen molar-refractivity contribution in [3.8, 4) is 0 Å². The van der Waals surface area contributed by atoms with Gasteiger partial charge < -0.3 is 10.6 Å². The fraction of sp³-hybridized carbons (Fsp3) is 0.500. The van der Waals surface area contributed by atoms with Gasteiger partial charge in [-0.25, -0.2) is 0 Å². The van der Waals surface area contributed by atoms with E-state index in [0.717, 1.165) is 23.0 Å². The van der Waals surface area contributed by atoms with Crippen LogP contribution in [-0.2, 0) is 9.59 Å². The molecular weight excluding hydrogens is 364 g/mol. The number of anilines is 1. The van der Waals surface area contributed by atoms with Crippen LogP contribution in [0.25, 0.3) is 0 Å². The first-order valence-electron chi connectivity index (χ1n) is 7.56. The van der Waals surface area contributed by atoms with Crippen molar-refractivity contribution in [1.82, 2.24) is 5.32 Å². The lowest BCUT2D eigenvalue weighted by molar-refractivity contribution is -0.119. The zero-order valence-electron chi connectivity index (χ0n) is 12.4. The Balaban J connectivity index is 1.61. The molecule has 1 aromatic rings. The summed E-state index contributed by atoms with van der Waals surface area (Å²) in [5.41, 5.74) is 0.764. The van der Waals surface area contributed by atoms with E-state index < -0.39 is 0 Å². The minimum Gasteiger partial charge on any atom is -0.353 e. The molecule has 0 heterocycles. The van der Waals surface area contributed by atoms with Gasteiger partial charge in [-0.05, 0) is 37.1 Å². The highest BCUT2D eigenvalue weighted by atomic mass is 79.9. The largest absolute Gasteiger partial charge is 0.353 e. The summed E-state index contributed by atoms with van der Waals surface area (Å²) in [6.45, 7) is 0. The van der Waals surface area contributed by atoms with Gasteiger partial charge in [0.1, 0.15) is 0 Å². The molecule has 0 saturated heterocycles. The van der Waals surface area contributed by atoms with Crippen LogP contribution >= 0.6 is 27.7 Å². The minimum atomic E-state index is -0.0854. The average Bonchev–Trinajstić information content (AvgIpc) is 2.50. The maximum atomic E-state index is 11.8. The lowest BCUT2D eigenvalue weighted by atomic mass is 9.95. The molecule has 1 aliphatic rings. The Morgan fingerprint density at radius 2 is 1.68 bits per heavy atom. The van der Waals surface area contributed by atoms with Crippen LogP contribution in [0, 0.1) is 0 Å². The summed E-state index contributed by atoms with van der Waals surface area (Å²) >= 11 is 4.70. The van der Waals surface area contributed by atoms with Crippen LogP contribution in [0.2, 0.25) is 0 Å². The van der Waals surface area contributed by atoms with Crippen molar-refractivity contribution >= 4 is 45.2 Å². The van der Waals surface area contributed by atoms with Gasteiger partial charge in [-0.3, -0.25) is 9.59 Å². The van der Waals surface area contributed by atoms with Gasteiger partial charge in [-0.2, -0.15) is 0 Å². The van der Waals surface area contributed by atoms with E-state index >= 15 is 0 Å². The highest BCUT2D eigenvalue weighted by Gasteiger charge is 2.15. The Kier molecular flexibility index (Phi) is 7.25. The second kappa shape index (κ2) is 9.20. The highest BCUT2D eigenvalue weighted by Crippen LogP contribution is 2.17. The second-order valence-electron chi connectivity index (χ2n) is 5.45. The monoisotopic (exact) mass is 384 g/mol. The lowest BCUT2D eigenvalue weighted by Crippen LogP contribution is -2.37. The Hall–Kier alpha value is -1.01. The van der Waals surface area contributed by atoms with Crippen LogP contribution in [-0.4, -0.2) is 29.4 Å². The maximum Gasteiger partial charge on any atom is 0.234 e. The van der Waals surface area contributed by atoms with Crippen molar-refractivity contribution in [2.45, 2.75) is 38.1 Å². The third-order valence-electron chi connectivity index (χ3n) is 3.56. The van der Waals surface area contributed by atoms with Crippen molar-refractivity contribution in [3.05, 3.63) is 28.7 Å². The number of nitrogens with one attached hydrogen (secondary N) is 2. The highest BCUT2D eigenvalue weighted by molar-refractivity contribution is 9.10. The Morgan fingerprint density at radius 1 is 1.05 bits per heavy atom. The first-order valence-corrected chi connectivity index (χ1v) is 9.51. The average molecular weight is 385 g/mol. The van der Waals surface area contributed by atoms with Gasteiger partial charge in [-0.1, -0.05) is 35.2 Å². The number of thioether (sulfide) groups is 1. The van der Waals surface area contributed by atoms with Crippen LogP contribution in [0.15, 0.2) is 28.7 Å². The van der Waals surface area contributed by atoms with Crippen LogP contribution in [0.4, 0.5) is 5.69 Å². The molecule has 1 aliphatic carbocycles. The van der Waals surface area contributed by atoms with Gasteiger partial charge in [0, 0.05) is 16.2 Å². The number of carbonyl (C=O) groups excluding carboxylic acids is 2. The molecule has 6 heteroatoms. The van der Waals surface area contributed by atoms with E-state index in [4.69, 9.17) is 0 Å². The number of amides is 2. The standard InChI is InChI=1S/C16H21BrN2O2S/c17-12-6-8-14(9-7-12)19-16(21)11-22-10-15(20)18-13-4-2-1-3-5-13/h6-9,13H,1-5,10-11H2,(H,18,20)(H,19,21). The van der Waals surface area contributed by atoms with E-state index in [1.807, 2.05) is 24.3 Å². The van der Waals surface area contributed by atoms with Gasteiger partial charge >= 0.3 is 0 Å². The molecule has 0 radical (unpaired) electrons. The summed E-state index contributed by atoms with van der Waals surface area (Å²) in [5.74, 6) is 0.574. The quantitative estimate of drug-likeness (QED) is 0.787. The van der Waals surface area contributed by atoms with Gasteiger partial charge in [0.05, 0.1) is 11.5 Å². The van der Waals surface area contributed by atoms with Crippen molar-refractivity contribution in [2.24, 2.45) is 0 Å². The normalized spacial score (nSPS) is 15.3. The summed E-state index contributed by atoms with van der Waals surface area (Å²) in [4.78, 5) is 23.6. The molecule has 1 saturated carbocycles. The number of halogens is 1. The molecule has 0 aromatic heterocycles. The molecule has 4 nitrogen and oxygen atoms in total. The second-order valence-corrected chi connectivity index (χ2v) is 7.35. The summed E-state index contributed by atoms with van der Waals surface area (Å²) < 4.78 is 0.972. The van der Waals surface area contributed by atoms with Crippen molar-refractivity contribution in [3.63, 3.8) is 0 Å². The Labute approximate surface area is 143 Å². The molecular formula is C16H21BrN2O2S. The third kappa shape index (κ3) is 6.40. The predicted octanol–water partition coefficient (Wildman–Crippen LogP) is 3.57. The van der Waals surface area contributed by atoms with E-state index in [0.29, 0.717) is 11.8 Å². The summed E-state index contributed by atoms with van der Waals surface area (Å²) in [6.07, 6.45) is 5.85. The molecule has 1 aromatic carbocycles. The molecule has 0 atom stereocenters. The van der Waals surface area contributed by atoms with Crippen molar-refractivity contribution < 1.29 is 9.59 Å². The molecule has 120 valence electrons. The number of carbonyl (C=O) groups is 2. The maximum absolute atomic E-state index is 11.8. The van der Waals surface area contributed by atoms with E-state index in [-0.39, 0.29) is 17.6 Å². The summed E-state index contributed by atoms with van der Waals surface area (Å²) in [7, 11) is 0. The molecule has 1 fully saturated rings. The lowest BCUT2D eigenvalue weighted by Gasteiger charge is -2.22. The summed E-state index contributed by atoms with van der Waals surface area (Å²) in [5, 5.41) is 5.86. The van der Waals surface area contributed by atoms with Crippen LogP contribution in [0.3, 0.4) is 0 Å². The van der Waals surface area contributed by atoms with Crippen LogP contribution in [0.1, 0.15) is 32.1 Å². The number of hydrogen-bond donors (Lipinski definition) is 2. The Morgan fingerprint density at radius 3 is 2.36 bits per heavy atom. The SMILES string of the molecule is O=C(CSCC(=O)NC1CCCCC1)Nc1ccc(Br)cc1. The fourth-order valence-corrected chi connectivity index (χ4v) is 3.38. The van der Waals surface area contributed by atoms with Gasteiger partial charge in [-0.15, -0.1) is 11.8 Å². The van der Waals surface area contributed by atoms with Crippen molar-refractivity contribution in [2.75, 3.05) is 16.8 Å². The first-order chi connectivity index (χ1) is 10.6. The van der Waals surface area contributed by atoms with Crippen LogP contribution in [0.5, 0.6) is 0 Å². The molecule has 0 bridgehead atoms. The molecule has 2 amide bonds. The van der Waals surface area contributed by atoms with E-state index in [2.05, 4.69) is 26.6 Å². The van der Waals surface area contributed by atoms with E-state index in [1.54, 1.807) is 0 Å². The van der Waals surface area contributed by atoms with Crippen molar-refractivity contribution in [1.29, 1.82) is 0 Å². The van der Waals surface area contributed by atoms with Gasteiger partial charge in [0.25, 0.3) is 0 Å².